The van der Waals surface area contributed by atoms with E-state index in [2.05, 4.69) is 10.5 Å². The van der Waals surface area contributed by atoms with Crippen molar-refractivity contribution in [1.29, 1.82) is 0 Å². The Morgan fingerprint density at radius 3 is 2.72 bits per heavy atom. The molecule has 128 valence electrons. The molecular formula is C20H19ClN2O2. The van der Waals surface area contributed by atoms with Crippen molar-refractivity contribution in [3.63, 3.8) is 0 Å². The van der Waals surface area contributed by atoms with E-state index in [9.17, 15) is 4.79 Å². The quantitative estimate of drug-likeness (QED) is 0.452. The van der Waals surface area contributed by atoms with Gasteiger partial charge in [0.25, 0.3) is 5.91 Å². The van der Waals surface area contributed by atoms with E-state index in [0.29, 0.717) is 16.5 Å². The molecule has 0 saturated carbocycles. The minimum atomic E-state index is -0.340. The molecule has 0 aliphatic rings. The zero-order valence-corrected chi connectivity index (χ0v) is 14.6. The monoisotopic (exact) mass is 354 g/mol. The maximum Gasteiger partial charge on any atom is 0.277 e. The lowest BCUT2D eigenvalue weighted by Crippen LogP contribution is -2.25. The maximum absolute atomic E-state index is 11.7. The maximum atomic E-state index is 11.7. The summed E-state index contributed by atoms with van der Waals surface area (Å²) in [4.78, 5) is 11.7. The molecule has 0 aliphatic carbocycles. The molecule has 4 nitrogen and oxygen atoms in total. The van der Waals surface area contributed by atoms with Gasteiger partial charge in [-0.2, -0.15) is 5.10 Å². The van der Waals surface area contributed by atoms with Gasteiger partial charge in [-0.1, -0.05) is 66.2 Å². The molecule has 1 N–H and O–H groups in total. The fraction of sp³-hybridized carbons (Fsp3) is 0.100. The Morgan fingerprint density at radius 1 is 1.16 bits per heavy atom. The predicted molar refractivity (Wildman–Crippen MR) is 103 cm³/mol. The summed E-state index contributed by atoms with van der Waals surface area (Å²) in [6, 6.07) is 16.8. The van der Waals surface area contributed by atoms with Gasteiger partial charge in [-0.3, -0.25) is 4.79 Å². The highest BCUT2D eigenvalue weighted by Gasteiger charge is 2.01. The van der Waals surface area contributed by atoms with Gasteiger partial charge in [0.15, 0.2) is 6.61 Å². The van der Waals surface area contributed by atoms with Gasteiger partial charge in [0, 0.05) is 5.02 Å². The van der Waals surface area contributed by atoms with Crippen LogP contribution >= 0.6 is 11.6 Å². The molecule has 0 saturated heterocycles. The number of hydrogen-bond acceptors (Lipinski definition) is 3. The average Bonchev–Trinajstić information content (AvgIpc) is 2.63. The number of benzene rings is 2. The first kappa shape index (κ1) is 18.5. The molecule has 0 spiro atoms. The molecule has 0 fully saturated rings. The molecule has 1 amide bonds. The number of nitrogens with zero attached hydrogens (tertiary/aromatic N) is 1. The summed E-state index contributed by atoms with van der Waals surface area (Å²) in [5, 5.41) is 4.54. The van der Waals surface area contributed by atoms with Crippen LogP contribution in [0, 0.1) is 0 Å². The van der Waals surface area contributed by atoms with Crippen LogP contribution in [-0.2, 0) is 4.79 Å². The largest absolute Gasteiger partial charge is 0.484 e. The highest BCUT2D eigenvalue weighted by molar-refractivity contribution is 6.30. The lowest BCUT2D eigenvalue weighted by molar-refractivity contribution is -0.123. The molecule has 2 rings (SSSR count). The highest BCUT2D eigenvalue weighted by Crippen LogP contribution is 2.16. The van der Waals surface area contributed by atoms with Crippen molar-refractivity contribution in [3.05, 3.63) is 83.4 Å². The van der Waals surface area contributed by atoms with Crippen LogP contribution in [-0.4, -0.2) is 18.2 Å². The summed E-state index contributed by atoms with van der Waals surface area (Å²) in [6.07, 6.45) is 7.57. The standard InChI is InChI=1S/C20H19ClN2O2/c1-16(8-5-6-11-17-9-3-2-4-10-17)22-23-20(24)15-25-19-13-7-12-18(21)14-19/h2-14H,15H2,1H3,(H,23,24)/b8-5+,11-6+,22-16-. The minimum Gasteiger partial charge on any atom is -0.484 e. The van der Waals surface area contributed by atoms with Crippen molar-refractivity contribution in [1.82, 2.24) is 5.43 Å². The fourth-order valence-electron chi connectivity index (χ4n) is 1.85. The van der Waals surface area contributed by atoms with Gasteiger partial charge in [-0.25, -0.2) is 5.43 Å². The van der Waals surface area contributed by atoms with Gasteiger partial charge in [0.05, 0.1) is 5.71 Å². The number of ether oxygens (including phenoxy) is 1. The normalized spacial score (nSPS) is 11.8. The number of carbonyl (C=O) groups is 1. The molecular weight excluding hydrogens is 336 g/mol. The van der Waals surface area contributed by atoms with E-state index in [1.165, 1.54) is 0 Å². The van der Waals surface area contributed by atoms with Crippen LogP contribution < -0.4 is 10.2 Å². The molecule has 2 aromatic rings. The van der Waals surface area contributed by atoms with E-state index in [4.69, 9.17) is 16.3 Å². The topological polar surface area (TPSA) is 50.7 Å². The molecule has 0 atom stereocenters. The van der Waals surface area contributed by atoms with Crippen molar-refractivity contribution in [2.75, 3.05) is 6.61 Å². The lowest BCUT2D eigenvalue weighted by Gasteiger charge is -2.05. The molecule has 0 aromatic heterocycles. The number of halogens is 1. The Hall–Kier alpha value is -2.85. The molecule has 0 aliphatic heterocycles. The third-order valence-electron chi connectivity index (χ3n) is 3.06. The first-order valence-electron chi connectivity index (χ1n) is 7.75. The lowest BCUT2D eigenvalue weighted by atomic mass is 10.2. The molecule has 5 heteroatoms. The Balaban J connectivity index is 1.75. The van der Waals surface area contributed by atoms with Gasteiger partial charge < -0.3 is 4.74 Å². The van der Waals surface area contributed by atoms with E-state index in [-0.39, 0.29) is 12.5 Å². The van der Waals surface area contributed by atoms with E-state index in [1.54, 1.807) is 37.3 Å². The number of hydrazone groups is 1. The van der Waals surface area contributed by atoms with E-state index in [0.717, 1.165) is 5.56 Å². The smallest absolute Gasteiger partial charge is 0.277 e. The Kier molecular flexibility index (Phi) is 7.47. The van der Waals surface area contributed by atoms with Crippen LogP contribution in [0.5, 0.6) is 5.75 Å². The zero-order valence-electron chi connectivity index (χ0n) is 13.9. The van der Waals surface area contributed by atoms with Crippen LogP contribution in [0.4, 0.5) is 0 Å². The zero-order chi connectivity index (χ0) is 17.9. The third-order valence-corrected chi connectivity index (χ3v) is 3.29. The molecule has 0 bridgehead atoms. The van der Waals surface area contributed by atoms with Crippen molar-refractivity contribution in [2.45, 2.75) is 6.92 Å². The number of allylic oxidation sites excluding steroid dienone is 3. The van der Waals surface area contributed by atoms with Gasteiger partial charge >= 0.3 is 0 Å². The number of carbonyl (C=O) groups excluding carboxylic acids is 1. The number of nitrogens with one attached hydrogen (secondary N) is 1. The third kappa shape index (κ3) is 7.50. The summed E-state index contributed by atoms with van der Waals surface area (Å²) < 4.78 is 5.33. The minimum absolute atomic E-state index is 0.130. The van der Waals surface area contributed by atoms with E-state index < -0.39 is 0 Å². The summed E-state index contributed by atoms with van der Waals surface area (Å²) in [5.41, 5.74) is 4.24. The van der Waals surface area contributed by atoms with Gasteiger partial charge in [-0.05, 0) is 36.8 Å². The summed E-state index contributed by atoms with van der Waals surface area (Å²) in [6.45, 7) is 1.67. The SMILES string of the molecule is CC(/C=C/C=C/c1ccccc1)=N/NC(=O)COc1cccc(Cl)c1. The first-order chi connectivity index (χ1) is 12.1. The summed E-state index contributed by atoms with van der Waals surface area (Å²) in [7, 11) is 0. The second-order valence-corrected chi connectivity index (χ2v) is 5.60. The molecule has 25 heavy (non-hydrogen) atoms. The van der Waals surface area contributed by atoms with Crippen LogP contribution in [0.2, 0.25) is 5.02 Å². The first-order valence-corrected chi connectivity index (χ1v) is 8.12. The van der Waals surface area contributed by atoms with Gasteiger partial charge in [-0.15, -0.1) is 0 Å². The second kappa shape index (κ2) is 10.1. The number of rotatable bonds is 7. The summed E-state index contributed by atoms with van der Waals surface area (Å²) >= 11 is 5.85. The predicted octanol–water partition coefficient (Wildman–Crippen LogP) is 4.48. The molecule has 2 aromatic carbocycles. The highest BCUT2D eigenvalue weighted by atomic mass is 35.5. The van der Waals surface area contributed by atoms with Gasteiger partial charge in [0.2, 0.25) is 0 Å². The average molecular weight is 355 g/mol. The van der Waals surface area contributed by atoms with Crippen LogP contribution in [0.15, 0.2) is 77.9 Å². The molecule has 0 unspecified atom stereocenters. The van der Waals surface area contributed by atoms with Crippen LogP contribution in [0.25, 0.3) is 6.08 Å². The van der Waals surface area contributed by atoms with Crippen molar-refractivity contribution < 1.29 is 9.53 Å². The molecule has 0 radical (unpaired) electrons. The fourth-order valence-corrected chi connectivity index (χ4v) is 2.03. The Labute approximate surface area is 152 Å². The van der Waals surface area contributed by atoms with Crippen molar-refractivity contribution in [2.24, 2.45) is 5.10 Å². The number of amides is 1. The Morgan fingerprint density at radius 2 is 1.96 bits per heavy atom. The van der Waals surface area contributed by atoms with Gasteiger partial charge in [0.1, 0.15) is 5.75 Å². The van der Waals surface area contributed by atoms with Crippen molar-refractivity contribution in [3.8, 4) is 5.75 Å². The van der Waals surface area contributed by atoms with Crippen LogP contribution in [0.1, 0.15) is 12.5 Å². The van der Waals surface area contributed by atoms with Crippen LogP contribution in [0.3, 0.4) is 0 Å². The van der Waals surface area contributed by atoms with Crippen molar-refractivity contribution >= 4 is 29.3 Å². The Bertz CT molecular complexity index is 783. The number of hydrogen-bond donors (Lipinski definition) is 1. The van der Waals surface area contributed by atoms with E-state index >= 15 is 0 Å². The second-order valence-electron chi connectivity index (χ2n) is 5.16. The van der Waals surface area contributed by atoms with E-state index in [1.807, 2.05) is 48.6 Å². The molecule has 0 heterocycles. The summed E-state index contributed by atoms with van der Waals surface area (Å²) in [5.74, 6) is 0.196.